The van der Waals surface area contributed by atoms with Crippen molar-refractivity contribution in [2.75, 3.05) is 13.1 Å². The van der Waals surface area contributed by atoms with Crippen LogP contribution in [0.1, 0.15) is 56.0 Å². The van der Waals surface area contributed by atoms with Crippen LogP contribution < -0.4 is 0 Å². The molecule has 0 aromatic heterocycles. The molecular weight excluding hydrogens is 246 g/mol. The summed E-state index contributed by atoms with van der Waals surface area (Å²) in [6, 6.07) is 8.32. The third kappa shape index (κ3) is 2.48. The van der Waals surface area contributed by atoms with Crippen molar-refractivity contribution in [3.8, 4) is 0 Å². The van der Waals surface area contributed by atoms with Gasteiger partial charge in [0.1, 0.15) is 0 Å². The van der Waals surface area contributed by atoms with Crippen LogP contribution in [0.15, 0.2) is 24.3 Å². The van der Waals surface area contributed by atoms with Gasteiger partial charge in [0.05, 0.1) is 0 Å². The van der Waals surface area contributed by atoms with Crippen molar-refractivity contribution in [2.45, 2.75) is 40.0 Å². The van der Waals surface area contributed by atoms with Crippen LogP contribution in [0.3, 0.4) is 0 Å². The minimum atomic E-state index is 0.202. The van der Waals surface area contributed by atoms with Crippen molar-refractivity contribution in [2.24, 2.45) is 17.3 Å². The van der Waals surface area contributed by atoms with E-state index in [0.29, 0.717) is 11.3 Å². The second kappa shape index (κ2) is 4.61. The number of benzene rings is 1. The number of hydrogen-bond acceptors (Lipinski definition) is 1. The molecule has 2 nitrogen and oxygen atoms in total. The van der Waals surface area contributed by atoms with Crippen molar-refractivity contribution in [3.05, 3.63) is 35.4 Å². The van der Waals surface area contributed by atoms with Gasteiger partial charge in [-0.05, 0) is 47.3 Å². The largest absolute Gasteiger partial charge is 0.337 e. The van der Waals surface area contributed by atoms with Crippen LogP contribution in [-0.4, -0.2) is 23.9 Å². The molecule has 1 heterocycles. The molecule has 0 unspecified atom stereocenters. The van der Waals surface area contributed by atoms with Crippen LogP contribution in [0.2, 0.25) is 0 Å². The Bertz CT molecular complexity index is 524. The van der Waals surface area contributed by atoms with E-state index in [1.165, 1.54) is 12.0 Å². The first-order valence-corrected chi connectivity index (χ1v) is 7.77. The highest BCUT2D eigenvalue weighted by Gasteiger charge is 2.41. The predicted molar refractivity (Wildman–Crippen MR) is 81.8 cm³/mol. The molecule has 108 valence electrons. The van der Waals surface area contributed by atoms with Crippen molar-refractivity contribution in [1.82, 2.24) is 4.90 Å². The Morgan fingerprint density at radius 2 is 2.00 bits per heavy atom. The van der Waals surface area contributed by atoms with Crippen molar-refractivity contribution in [1.29, 1.82) is 0 Å². The van der Waals surface area contributed by atoms with Gasteiger partial charge in [0.2, 0.25) is 0 Å². The highest BCUT2D eigenvalue weighted by atomic mass is 16.2. The van der Waals surface area contributed by atoms with Crippen molar-refractivity contribution in [3.63, 3.8) is 0 Å². The number of likely N-dealkylation sites (tertiary alicyclic amines) is 1. The first-order valence-electron chi connectivity index (χ1n) is 7.77. The molecule has 1 aliphatic heterocycles. The topological polar surface area (TPSA) is 20.3 Å². The maximum absolute atomic E-state index is 12.5. The first-order chi connectivity index (χ1) is 9.37. The third-order valence-electron chi connectivity index (χ3n) is 4.78. The second-order valence-corrected chi connectivity index (χ2v) is 7.70. The van der Waals surface area contributed by atoms with Gasteiger partial charge in [-0.1, -0.05) is 39.8 Å². The van der Waals surface area contributed by atoms with E-state index in [9.17, 15) is 4.79 Å². The summed E-state index contributed by atoms with van der Waals surface area (Å²) in [5.74, 6) is 2.43. The Morgan fingerprint density at radius 1 is 1.30 bits per heavy atom. The SMILES string of the molecule is CC(C)[C@H]1C[C@@H]1c1cccc(C(=O)N2CC(C)(C)C2)c1. The molecule has 1 saturated carbocycles. The van der Waals surface area contributed by atoms with Gasteiger partial charge in [0, 0.05) is 18.7 Å². The van der Waals surface area contributed by atoms with E-state index < -0.39 is 0 Å². The van der Waals surface area contributed by atoms with Gasteiger partial charge in [-0.15, -0.1) is 0 Å². The summed E-state index contributed by atoms with van der Waals surface area (Å²) in [6.45, 7) is 10.8. The fourth-order valence-electron chi connectivity index (χ4n) is 3.55. The van der Waals surface area contributed by atoms with E-state index in [0.717, 1.165) is 30.5 Å². The van der Waals surface area contributed by atoms with Crippen LogP contribution in [0, 0.1) is 17.3 Å². The lowest BCUT2D eigenvalue weighted by molar-refractivity contribution is 0.0236. The maximum Gasteiger partial charge on any atom is 0.253 e. The number of rotatable bonds is 3. The normalized spacial score (nSPS) is 27.4. The van der Waals surface area contributed by atoms with Gasteiger partial charge in [-0.25, -0.2) is 0 Å². The Morgan fingerprint density at radius 3 is 2.55 bits per heavy atom. The van der Waals surface area contributed by atoms with E-state index in [1.807, 2.05) is 17.0 Å². The zero-order valence-corrected chi connectivity index (χ0v) is 13.0. The monoisotopic (exact) mass is 271 g/mol. The van der Waals surface area contributed by atoms with Crippen LogP contribution in [0.25, 0.3) is 0 Å². The first kappa shape index (κ1) is 13.7. The lowest BCUT2D eigenvalue weighted by Gasteiger charge is -2.45. The van der Waals surface area contributed by atoms with Gasteiger partial charge < -0.3 is 4.90 Å². The lowest BCUT2D eigenvalue weighted by atomic mass is 9.84. The number of nitrogens with zero attached hydrogens (tertiary/aromatic N) is 1. The van der Waals surface area contributed by atoms with E-state index in [1.54, 1.807) is 0 Å². The molecule has 1 aliphatic carbocycles. The van der Waals surface area contributed by atoms with E-state index in [4.69, 9.17) is 0 Å². The summed E-state index contributed by atoms with van der Waals surface area (Å²) in [5.41, 5.74) is 2.52. The molecule has 0 radical (unpaired) electrons. The van der Waals surface area contributed by atoms with E-state index in [-0.39, 0.29) is 5.91 Å². The van der Waals surface area contributed by atoms with Gasteiger partial charge in [0.25, 0.3) is 5.91 Å². The zero-order valence-electron chi connectivity index (χ0n) is 13.0. The third-order valence-corrected chi connectivity index (χ3v) is 4.78. The molecule has 1 aromatic carbocycles. The molecule has 0 spiro atoms. The average Bonchev–Trinajstić information content (AvgIpc) is 3.15. The van der Waals surface area contributed by atoms with Crippen molar-refractivity contribution < 1.29 is 4.79 Å². The number of carbonyl (C=O) groups is 1. The molecule has 3 rings (SSSR count). The molecule has 1 amide bonds. The zero-order chi connectivity index (χ0) is 14.5. The number of carbonyl (C=O) groups excluding carboxylic acids is 1. The Hall–Kier alpha value is -1.31. The number of amides is 1. The van der Waals surface area contributed by atoms with Crippen LogP contribution in [-0.2, 0) is 0 Å². The molecular formula is C18H25NO. The molecule has 0 N–H and O–H groups in total. The predicted octanol–water partition coefficient (Wildman–Crippen LogP) is 3.93. The quantitative estimate of drug-likeness (QED) is 0.815. The fraction of sp³-hybridized carbons (Fsp3) is 0.611. The van der Waals surface area contributed by atoms with Gasteiger partial charge in [-0.2, -0.15) is 0 Å². The number of hydrogen-bond donors (Lipinski definition) is 0. The summed E-state index contributed by atoms with van der Waals surface area (Å²) in [6.07, 6.45) is 1.28. The maximum atomic E-state index is 12.5. The molecule has 2 fully saturated rings. The molecule has 2 atom stereocenters. The Kier molecular flexibility index (Phi) is 3.15. The summed E-state index contributed by atoms with van der Waals surface area (Å²) in [7, 11) is 0. The van der Waals surface area contributed by atoms with Gasteiger partial charge in [0.15, 0.2) is 0 Å². The Labute approximate surface area is 122 Å². The molecule has 2 aliphatic rings. The minimum Gasteiger partial charge on any atom is -0.337 e. The lowest BCUT2D eigenvalue weighted by Crippen LogP contribution is -2.55. The fourth-order valence-corrected chi connectivity index (χ4v) is 3.55. The average molecular weight is 271 g/mol. The highest BCUT2D eigenvalue weighted by Crippen LogP contribution is 2.51. The van der Waals surface area contributed by atoms with Gasteiger partial charge >= 0.3 is 0 Å². The van der Waals surface area contributed by atoms with E-state index >= 15 is 0 Å². The summed E-state index contributed by atoms with van der Waals surface area (Å²) >= 11 is 0. The highest BCUT2D eigenvalue weighted by molar-refractivity contribution is 5.95. The molecule has 2 heteroatoms. The van der Waals surface area contributed by atoms with Crippen LogP contribution >= 0.6 is 0 Å². The second-order valence-electron chi connectivity index (χ2n) is 7.70. The van der Waals surface area contributed by atoms with Crippen molar-refractivity contribution >= 4 is 5.91 Å². The standard InChI is InChI=1S/C18H25NO/c1-12(2)15-9-16(15)13-6-5-7-14(8-13)17(20)19-10-18(3,4)11-19/h5-8,12,15-16H,9-11H2,1-4H3/t15-,16-/m1/s1. The molecule has 1 aromatic rings. The molecule has 1 saturated heterocycles. The summed E-state index contributed by atoms with van der Waals surface area (Å²) in [5, 5.41) is 0. The summed E-state index contributed by atoms with van der Waals surface area (Å²) in [4.78, 5) is 14.4. The van der Waals surface area contributed by atoms with Crippen LogP contribution in [0.5, 0.6) is 0 Å². The molecule has 0 bridgehead atoms. The van der Waals surface area contributed by atoms with Crippen LogP contribution in [0.4, 0.5) is 0 Å². The van der Waals surface area contributed by atoms with E-state index in [2.05, 4.69) is 39.8 Å². The van der Waals surface area contributed by atoms with Gasteiger partial charge in [-0.3, -0.25) is 4.79 Å². The smallest absolute Gasteiger partial charge is 0.253 e. The summed E-state index contributed by atoms with van der Waals surface area (Å²) < 4.78 is 0. The Balaban J connectivity index is 1.71. The molecule has 20 heavy (non-hydrogen) atoms. The minimum absolute atomic E-state index is 0.202.